The molecule has 11 heteroatoms. The van der Waals surface area contributed by atoms with Crippen molar-refractivity contribution in [3.63, 3.8) is 0 Å². The van der Waals surface area contributed by atoms with Gasteiger partial charge in [-0.3, -0.25) is 0 Å². The summed E-state index contributed by atoms with van der Waals surface area (Å²) in [5.74, 6) is 0.264. The van der Waals surface area contributed by atoms with E-state index in [2.05, 4.69) is 9.97 Å². The molecule has 2 unspecified atom stereocenters. The van der Waals surface area contributed by atoms with Crippen LogP contribution < -0.4 is 5.73 Å². The van der Waals surface area contributed by atoms with Crippen LogP contribution in [0.3, 0.4) is 0 Å². The summed E-state index contributed by atoms with van der Waals surface area (Å²) >= 11 is 2.04. The van der Waals surface area contributed by atoms with E-state index >= 15 is 4.39 Å². The number of hydrogen-bond donors (Lipinski definition) is 2. The normalized spacial score (nSPS) is 26.3. The van der Waals surface area contributed by atoms with E-state index in [1.165, 1.54) is 10.9 Å². The summed E-state index contributed by atoms with van der Waals surface area (Å²) in [5.41, 5.74) is 6.27. The van der Waals surface area contributed by atoms with Crippen molar-refractivity contribution in [1.29, 1.82) is 0 Å². The van der Waals surface area contributed by atoms with Crippen LogP contribution in [0.2, 0.25) is 0 Å². The number of carbonyl (C=O) groups excluding carboxylic acids is 1. The van der Waals surface area contributed by atoms with Gasteiger partial charge in [0.1, 0.15) is 30.0 Å². The van der Waals surface area contributed by atoms with E-state index in [4.69, 9.17) is 19.9 Å². The van der Waals surface area contributed by atoms with E-state index in [0.717, 1.165) is 3.57 Å². The van der Waals surface area contributed by atoms with Crippen LogP contribution in [0.25, 0.3) is 11.0 Å². The molecule has 2 aromatic rings. The highest BCUT2D eigenvalue weighted by Gasteiger charge is 2.49. The zero-order chi connectivity index (χ0) is 19.7. The molecular formula is C16H20FIN4O5. The lowest BCUT2D eigenvalue weighted by molar-refractivity contribution is -0.0596. The van der Waals surface area contributed by atoms with Gasteiger partial charge in [-0.1, -0.05) is 6.92 Å². The van der Waals surface area contributed by atoms with Crippen molar-refractivity contribution < 1.29 is 28.5 Å². The Morgan fingerprint density at radius 1 is 1.56 bits per heavy atom. The van der Waals surface area contributed by atoms with Gasteiger partial charge in [0, 0.05) is 9.77 Å². The van der Waals surface area contributed by atoms with Crippen LogP contribution in [0.5, 0.6) is 0 Å². The highest BCUT2D eigenvalue weighted by Crippen LogP contribution is 2.37. The Labute approximate surface area is 168 Å². The molecule has 1 fully saturated rings. The number of aliphatic hydroxyl groups excluding tert-OH is 1. The van der Waals surface area contributed by atoms with Gasteiger partial charge in [0.15, 0.2) is 18.5 Å². The Morgan fingerprint density at radius 3 is 2.96 bits per heavy atom. The number of halogens is 2. The summed E-state index contributed by atoms with van der Waals surface area (Å²) in [6.07, 6.45) is -3.12. The smallest absolute Gasteiger partial charge is 0.431 e. The van der Waals surface area contributed by atoms with E-state index < -0.39 is 37.4 Å². The van der Waals surface area contributed by atoms with E-state index in [0.29, 0.717) is 17.5 Å². The number of alkyl halides is 1. The lowest BCUT2D eigenvalue weighted by Gasteiger charge is -2.19. The Morgan fingerprint density at radius 2 is 2.30 bits per heavy atom. The largest absolute Gasteiger partial charge is 0.509 e. The van der Waals surface area contributed by atoms with Gasteiger partial charge in [0.2, 0.25) is 0 Å². The molecule has 5 atom stereocenters. The van der Waals surface area contributed by atoms with Crippen molar-refractivity contribution in [3.05, 3.63) is 16.1 Å². The van der Waals surface area contributed by atoms with Crippen LogP contribution in [0.15, 0.2) is 12.5 Å². The summed E-state index contributed by atoms with van der Waals surface area (Å²) in [7, 11) is 0. The maximum absolute atomic E-state index is 15.1. The highest BCUT2D eigenvalue weighted by atomic mass is 127. The van der Waals surface area contributed by atoms with Gasteiger partial charge < -0.3 is 29.6 Å². The van der Waals surface area contributed by atoms with Gasteiger partial charge >= 0.3 is 6.16 Å². The fourth-order valence-electron chi connectivity index (χ4n) is 2.85. The quantitative estimate of drug-likeness (QED) is 0.479. The molecule has 3 heterocycles. The first-order valence-electron chi connectivity index (χ1n) is 8.41. The number of ether oxygens (including phenoxy) is 3. The zero-order valence-electron chi connectivity index (χ0n) is 14.7. The van der Waals surface area contributed by atoms with Crippen molar-refractivity contribution >= 4 is 45.6 Å². The third kappa shape index (κ3) is 3.80. The van der Waals surface area contributed by atoms with Gasteiger partial charge in [-0.15, -0.1) is 0 Å². The van der Waals surface area contributed by atoms with Gasteiger partial charge in [0.25, 0.3) is 0 Å². The summed E-state index contributed by atoms with van der Waals surface area (Å²) in [5, 5.41) is 10.1. The molecule has 27 heavy (non-hydrogen) atoms. The van der Waals surface area contributed by atoms with Crippen LogP contribution in [-0.4, -0.2) is 56.9 Å². The average molecular weight is 494 g/mol. The highest BCUT2D eigenvalue weighted by molar-refractivity contribution is 14.1. The topological polar surface area (TPSA) is 122 Å². The molecule has 9 nitrogen and oxygen atoms in total. The molecule has 0 radical (unpaired) electrons. The number of nitrogens with two attached hydrogens (primary N) is 1. The summed E-state index contributed by atoms with van der Waals surface area (Å²) < 4.78 is 33.0. The first-order valence-corrected chi connectivity index (χ1v) is 9.49. The Bertz CT molecular complexity index is 834. The number of aliphatic hydroxyl groups is 1. The van der Waals surface area contributed by atoms with Gasteiger partial charge in [-0.05, 0) is 35.9 Å². The predicted octanol–water partition coefficient (Wildman–Crippen LogP) is 2.17. The molecule has 3 rings (SSSR count). The molecule has 1 aliphatic heterocycles. The Hall–Kier alpha value is -1.73. The minimum absolute atomic E-state index is 0.264. The van der Waals surface area contributed by atoms with Crippen LogP contribution in [0.4, 0.5) is 15.0 Å². The van der Waals surface area contributed by atoms with Gasteiger partial charge in [-0.2, -0.15) is 0 Å². The maximum Gasteiger partial charge on any atom is 0.509 e. The fraction of sp³-hybridized carbons (Fsp3) is 0.562. The summed E-state index contributed by atoms with van der Waals surface area (Å²) in [4.78, 5) is 20.0. The van der Waals surface area contributed by atoms with E-state index in [1.807, 2.05) is 29.5 Å². The molecule has 0 bridgehead atoms. The summed E-state index contributed by atoms with van der Waals surface area (Å²) in [6, 6.07) is 0. The Kier molecular flexibility index (Phi) is 6.01. The maximum atomic E-state index is 15.1. The molecule has 0 amide bonds. The van der Waals surface area contributed by atoms with Crippen LogP contribution in [-0.2, 0) is 14.2 Å². The number of carbonyl (C=O) groups is 1. The molecule has 0 aromatic carbocycles. The molecule has 0 saturated carbocycles. The second kappa shape index (κ2) is 8.10. The third-order valence-corrected chi connectivity index (χ3v) is 5.24. The second-order valence-corrected chi connectivity index (χ2v) is 7.37. The first kappa shape index (κ1) is 20.0. The van der Waals surface area contributed by atoms with Crippen molar-refractivity contribution in [1.82, 2.24) is 14.5 Å². The van der Waals surface area contributed by atoms with Crippen molar-refractivity contribution in [2.24, 2.45) is 0 Å². The molecule has 1 aliphatic rings. The molecule has 148 valence electrons. The number of aromatic nitrogens is 3. The minimum Gasteiger partial charge on any atom is -0.431 e. The molecule has 2 aromatic heterocycles. The van der Waals surface area contributed by atoms with Crippen molar-refractivity contribution in [2.75, 3.05) is 12.3 Å². The number of fused-ring (bicyclic) bond motifs is 1. The fourth-order valence-corrected chi connectivity index (χ4v) is 3.67. The number of nitrogen functional groups attached to an aromatic ring is 1. The van der Waals surface area contributed by atoms with E-state index in [9.17, 15) is 9.90 Å². The number of hydrogen-bond acceptors (Lipinski definition) is 8. The molecule has 3 N–H and O–H groups in total. The van der Waals surface area contributed by atoms with E-state index in [1.54, 1.807) is 13.1 Å². The van der Waals surface area contributed by atoms with Crippen LogP contribution >= 0.6 is 22.6 Å². The molecule has 0 aliphatic carbocycles. The third-order valence-electron chi connectivity index (χ3n) is 4.42. The van der Waals surface area contributed by atoms with Gasteiger partial charge in [0.05, 0.1) is 12.0 Å². The second-order valence-electron chi connectivity index (χ2n) is 6.20. The number of rotatable bonds is 5. The Balaban J connectivity index is 1.86. The monoisotopic (exact) mass is 494 g/mol. The minimum atomic E-state index is -1.74. The van der Waals surface area contributed by atoms with E-state index in [-0.39, 0.29) is 11.9 Å². The van der Waals surface area contributed by atoms with Crippen LogP contribution in [0.1, 0.15) is 26.5 Å². The standard InChI is InChI=1S/C16H20FIN4O5/c1-3-7(2)25-16(24)27-12-9(5-23)26-15(11(12)17)22-4-8(18)10-13(19)20-6-21-14(10)22/h4,6-7,9,11-12,15,23H,3,5H2,1-2H3,(H2,19,20,21)/t7?,9-,11?,12+,15-/m1/s1. The van der Waals surface area contributed by atoms with Crippen molar-refractivity contribution in [2.45, 2.75) is 51.0 Å². The first-order chi connectivity index (χ1) is 12.9. The van der Waals surface area contributed by atoms with Crippen molar-refractivity contribution in [3.8, 4) is 0 Å². The molecule has 0 spiro atoms. The molecule has 1 saturated heterocycles. The lowest BCUT2D eigenvalue weighted by atomic mass is 10.1. The average Bonchev–Trinajstić information content (AvgIpc) is 3.13. The predicted molar refractivity (Wildman–Crippen MR) is 102 cm³/mol. The summed E-state index contributed by atoms with van der Waals surface area (Å²) in [6.45, 7) is 3.02. The van der Waals surface area contributed by atoms with Gasteiger partial charge in [-0.25, -0.2) is 19.2 Å². The molecular weight excluding hydrogens is 474 g/mol. The number of anilines is 1. The van der Waals surface area contributed by atoms with Crippen LogP contribution in [0, 0.1) is 3.57 Å². The SMILES string of the molecule is CCC(C)OC(=O)O[C@@H]1C(F)[C@H](n2cc(I)c3c(N)ncnc32)O[C@@H]1CO. The zero-order valence-corrected chi connectivity index (χ0v) is 16.9. The number of nitrogens with zero attached hydrogens (tertiary/aromatic N) is 3. The lowest BCUT2D eigenvalue weighted by Crippen LogP contribution is -2.36.